The van der Waals surface area contributed by atoms with Crippen LogP contribution in [0.1, 0.15) is 23.6 Å². The fourth-order valence-corrected chi connectivity index (χ4v) is 1.56. The van der Waals surface area contributed by atoms with Gasteiger partial charge in [-0.2, -0.15) is 5.26 Å². The highest BCUT2D eigenvalue weighted by Crippen LogP contribution is 2.23. The van der Waals surface area contributed by atoms with Gasteiger partial charge < -0.3 is 9.84 Å². The number of aliphatic hydroxyl groups excluding tert-OH is 1. The summed E-state index contributed by atoms with van der Waals surface area (Å²) in [5.74, 6) is -1.52. The van der Waals surface area contributed by atoms with Gasteiger partial charge in [-0.1, -0.05) is 18.2 Å². The highest BCUT2D eigenvalue weighted by atomic mass is 16.5. The Hall–Kier alpha value is -2.28. The molecule has 1 rings (SSSR count). The van der Waals surface area contributed by atoms with Gasteiger partial charge in [0.15, 0.2) is 0 Å². The molecule has 0 fully saturated rings. The zero-order valence-corrected chi connectivity index (χ0v) is 10.7. The predicted molar refractivity (Wildman–Crippen MR) is 67.7 cm³/mol. The molecule has 0 aromatic heterocycles. The molecule has 0 spiro atoms. The SMILES string of the molecule is CCOC(=O)/C(O)=C(\C#N)c1cccc(C)c1C. The summed E-state index contributed by atoms with van der Waals surface area (Å²) >= 11 is 0. The molecule has 0 radical (unpaired) electrons. The van der Waals surface area contributed by atoms with Crippen LogP contribution in [0.15, 0.2) is 24.0 Å². The summed E-state index contributed by atoms with van der Waals surface area (Å²) in [6.07, 6.45) is 0. The van der Waals surface area contributed by atoms with E-state index in [-0.39, 0.29) is 12.2 Å². The van der Waals surface area contributed by atoms with Gasteiger partial charge in [-0.3, -0.25) is 0 Å². The van der Waals surface area contributed by atoms with E-state index in [4.69, 9.17) is 5.26 Å². The molecule has 4 heteroatoms. The van der Waals surface area contributed by atoms with E-state index in [0.29, 0.717) is 5.56 Å². The minimum atomic E-state index is -0.880. The number of carbonyl (C=O) groups is 1. The van der Waals surface area contributed by atoms with Crippen molar-refractivity contribution in [2.45, 2.75) is 20.8 Å². The molecule has 0 saturated carbocycles. The third-order valence-corrected chi connectivity index (χ3v) is 2.69. The van der Waals surface area contributed by atoms with Gasteiger partial charge in [-0.15, -0.1) is 0 Å². The van der Waals surface area contributed by atoms with Gasteiger partial charge in [0, 0.05) is 0 Å². The molecule has 0 amide bonds. The second-order valence-corrected chi connectivity index (χ2v) is 3.80. The lowest BCUT2D eigenvalue weighted by atomic mass is 9.97. The van der Waals surface area contributed by atoms with Crippen LogP contribution in [-0.2, 0) is 9.53 Å². The molecule has 0 aliphatic rings. The second kappa shape index (κ2) is 5.87. The van der Waals surface area contributed by atoms with Crippen LogP contribution in [-0.4, -0.2) is 17.7 Å². The maximum atomic E-state index is 11.4. The molecule has 0 saturated heterocycles. The van der Waals surface area contributed by atoms with Crippen molar-refractivity contribution < 1.29 is 14.6 Å². The maximum absolute atomic E-state index is 11.4. The van der Waals surface area contributed by atoms with Crippen LogP contribution in [0.5, 0.6) is 0 Å². The summed E-state index contributed by atoms with van der Waals surface area (Å²) in [7, 11) is 0. The van der Waals surface area contributed by atoms with E-state index < -0.39 is 11.7 Å². The smallest absolute Gasteiger partial charge is 0.374 e. The number of benzene rings is 1. The Labute approximate surface area is 106 Å². The minimum absolute atomic E-state index is 0.0605. The van der Waals surface area contributed by atoms with Gasteiger partial charge in [0.2, 0.25) is 5.76 Å². The van der Waals surface area contributed by atoms with E-state index in [1.807, 2.05) is 26.0 Å². The highest BCUT2D eigenvalue weighted by Gasteiger charge is 2.18. The normalized spacial score (nSPS) is 11.4. The number of esters is 1. The van der Waals surface area contributed by atoms with Crippen molar-refractivity contribution in [3.63, 3.8) is 0 Å². The zero-order valence-electron chi connectivity index (χ0n) is 10.7. The van der Waals surface area contributed by atoms with E-state index >= 15 is 0 Å². The van der Waals surface area contributed by atoms with E-state index in [0.717, 1.165) is 11.1 Å². The third kappa shape index (κ3) is 2.69. The van der Waals surface area contributed by atoms with Gasteiger partial charge in [0.1, 0.15) is 11.6 Å². The van der Waals surface area contributed by atoms with Gasteiger partial charge in [0.05, 0.1) is 6.61 Å². The first-order chi connectivity index (χ1) is 8.52. The Morgan fingerprint density at radius 1 is 1.44 bits per heavy atom. The van der Waals surface area contributed by atoms with Crippen molar-refractivity contribution in [2.75, 3.05) is 6.61 Å². The second-order valence-electron chi connectivity index (χ2n) is 3.80. The molecule has 0 aliphatic heterocycles. The molecule has 1 N–H and O–H groups in total. The van der Waals surface area contributed by atoms with Gasteiger partial charge in [0.25, 0.3) is 0 Å². The third-order valence-electron chi connectivity index (χ3n) is 2.69. The zero-order chi connectivity index (χ0) is 13.7. The van der Waals surface area contributed by atoms with Crippen LogP contribution in [0.25, 0.3) is 5.57 Å². The Balaban J connectivity index is 3.34. The van der Waals surface area contributed by atoms with E-state index in [9.17, 15) is 9.90 Å². The first kappa shape index (κ1) is 13.8. The fourth-order valence-electron chi connectivity index (χ4n) is 1.56. The van der Waals surface area contributed by atoms with Crippen molar-refractivity contribution in [2.24, 2.45) is 0 Å². The molecule has 4 nitrogen and oxygen atoms in total. The predicted octanol–water partition coefficient (Wildman–Crippen LogP) is 2.66. The number of ether oxygens (including phenoxy) is 1. The molecule has 94 valence electrons. The molecule has 0 atom stereocenters. The van der Waals surface area contributed by atoms with Crippen LogP contribution >= 0.6 is 0 Å². The fraction of sp³-hybridized carbons (Fsp3) is 0.286. The number of carbonyl (C=O) groups excluding carboxylic acids is 1. The lowest BCUT2D eigenvalue weighted by Crippen LogP contribution is -2.09. The summed E-state index contributed by atoms with van der Waals surface area (Å²) in [5.41, 5.74) is 2.32. The van der Waals surface area contributed by atoms with Crippen molar-refractivity contribution >= 4 is 11.5 Å². The number of aliphatic hydroxyl groups is 1. The minimum Gasteiger partial charge on any atom is -0.501 e. The number of nitriles is 1. The number of rotatable bonds is 3. The molecule has 0 aliphatic carbocycles. The highest BCUT2D eigenvalue weighted by molar-refractivity contribution is 5.99. The van der Waals surface area contributed by atoms with E-state index in [1.165, 1.54) is 0 Å². The summed E-state index contributed by atoms with van der Waals surface area (Å²) < 4.78 is 4.68. The Morgan fingerprint density at radius 3 is 2.67 bits per heavy atom. The number of hydrogen-bond donors (Lipinski definition) is 1. The summed E-state index contributed by atoms with van der Waals surface area (Å²) in [6.45, 7) is 5.51. The van der Waals surface area contributed by atoms with Crippen LogP contribution in [0.3, 0.4) is 0 Å². The molecule has 0 heterocycles. The Kier molecular flexibility index (Phi) is 4.50. The van der Waals surface area contributed by atoms with E-state index in [2.05, 4.69) is 4.74 Å². The average molecular weight is 245 g/mol. The van der Waals surface area contributed by atoms with E-state index in [1.54, 1.807) is 19.1 Å². The van der Waals surface area contributed by atoms with Gasteiger partial charge >= 0.3 is 5.97 Å². The standard InChI is InChI=1S/C14H15NO3/c1-4-18-14(17)13(16)12(8-15)11-7-5-6-9(2)10(11)3/h5-7,16H,4H2,1-3H3/b13-12-. The summed E-state index contributed by atoms with van der Waals surface area (Å²) in [6, 6.07) is 7.21. The molecular weight excluding hydrogens is 230 g/mol. The Bertz CT molecular complexity index is 538. The largest absolute Gasteiger partial charge is 0.501 e. The number of allylic oxidation sites excluding steroid dienone is 1. The van der Waals surface area contributed by atoms with Crippen LogP contribution in [0.4, 0.5) is 0 Å². The van der Waals surface area contributed by atoms with Gasteiger partial charge in [-0.25, -0.2) is 4.79 Å². The van der Waals surface area contributed by atoms with Crippen molar-refractivity contribution in [1.82, 2.24) is 0 Å². The quantitative estimate of drug-likeness (QED) is 0.384. The number of hydrogen-bond acceptors (Lipinski definition) is 4. The lowest BCUT2D eigenvalue weighted by molar-refractivity contribution is -0.141. The molecule has 0 unspecified atom stereocenters. The van der Waals surface area contributed by atoms with Crippen molar-refractivity contribution in [1.29, 1.82) is 5.26 Å². The first-order valence-electron chi connectivity index (χ1n) is 5.60. The van der Waals surface area contributed by atoms with Gasteiger partial charge in [-0.05, 0) is 37.5 Å². The molecule has 1 aromatic carbocycles. The topological polar surface area (TPSA) is 70.3 Å². The average Bonchev–Trinajstić information content (AvgIpc) is 2.35. The lowest BCUT2D eigenvalue weighted by Gasteiger charge is -2.09. The number of aryl methyl sites for hydroxylation is 1. The van der Waals surface area contributed by atoms with Crippen LogP contribution in [0.2, 0.25) is 0 Å². The van der Waals surface area contributed by atoms with Crippen LogP contribution < -0.4 is 0 Å². The number of nitrogens with zero attached hydrogens (tertiary/aromatic N) is 1. The monoisotopic (exact) mass is 245 g/mol. The maximum Gasteiger partial charge on any atom is 0.374 e. The van der Waals surface area contributed by atoms with Crippen molar-refractivity contribution in [3.05, 3.63) is 40.6 Å². The van der Waals surface area contributed by atoms with Crippen LogP contribution in [0, 0.1) is 25.2 Å². The molecule has 0 bridgehead atoms. The molecule has 18 heavy (non-hydrogen) atoms. The Morgan fingerprint density at radius 2 is 2.11 bits per heavy atom. The van der Waals surface area contributed by atoms with Crippen molar-refractivity contribution in [3.8, 4) is 6.07 Å². The molecular formula is C14H15NO3. The molecule has 1 aromatic rings. The first-order valence-corrected chi connectivity index (χ1v) is 5.60. The summed E-state index contributed by atoms with van der Waals surface area (Å²) in [5, 5.41) is 18.9. The summed E-state index contributed by atoms with van der Waals surface area (Å²) in [4.78, 5) is 11.4.